The molecule has 0 aromatic rings. The van der Waals surface area contributed by atoms with Crippen LogP contribution in [0.1, 0.15) is 348 Å². The number of rotatable bonds is 60. The number of hydrogen-bond donors (Lipinski definition) is 3. The monoisotopic (exact) mass is 1010 g/mol. The number of amides is 1. The number of esters is 1. The van der Waals surface area contributed by atoms with Crippen LogP contribution >= 0.6 is 0 Å². The molecule has 6 heteroatoms. The van der Waals surface area contributed by atoms with E-state index in [4.69, 9.17) is 4.74 Å². The summed E-state index contributed by atoms with van der Waals surface area (Å²) in [5.74, 6) is -0.0531. The van der Waals surface area contributed by atoms with E-state index in [9.17, 15) is 19.8 Å². The molecule has 0 saturated heterocycles. The molecular weight excluding hydrogens is 887 g/mol. The maximum Gasteiger partial charge on any atom is 0.305 e. The number of aliphatic hydroxyl groups excluding tert-OH is 2. The Hall–Kier alpha value is -1.92. The Labute approximate surface area is 449 Å². The third-order valence-corrected chi connectivity index (χ3v) is 14.9. The van der Waals surface area contributed by atoms with Gasteiger partial charge in [0, 0.05) is 12.8 Å². The van der Waals surface area contributed by atoms with Gasteiger partial charge in [-0.1, -0.05) is 288 Å². The minimum Gasteiger partial charge on any atom is -0.466 e. The van der Waals surface area contributed by atoms with E-state index in [0.29, 0.717) is 25.9 Å². The summed E-state index contributed by atoms with van der Waals surface area (Å²) in [6.45, 7) is 4.93. The minimum atomic E-state index is -0.674. The second-order valence-electron chi connectivity index (χ2n) is 22.1. The first-order chi connectivity index (χ1) is 35.5. The van der Waals surface area contributed by atoms with E-state index in [1.54, 1.807) is 0 Å². The van der Waals surface area contributed by atoms with Crippen LogP contribution in [0.4, 0.5) is 0 Å². The van der Waals surface area contributed by atoms with Crippen LogP contribution in [-0.4, -0.2) is 47.4 Å². The van der Waals surface area contributed by atoms with E-state index in [1.807, 2.05) is 0 Å². The van der Waals surface area contributed by atoms with Crippen molar-refractivity contribution < 1.29 is 24.5 Å². The molecule has 0 radical (unpaired) electrons. The molecule has 2 unspecified atom stereocenters. The number of unbranched alkanes of at least 4 members (excludes halogenated alkanes) is 43. The van der Waals surface area contributed by atoms with Crippen molar-refractivity contribution in [3.63, 3.8) is 0 Å². The smallest absolute Gasteiger partial charge is 0.305 e. The number of carbonyl (C=O) groups excluding carboxylic acids is 2. The molecule has 0 aliphatic carbocycles. The molecule has 0 bridgehead atoms. The standard InChI is InChI=1S/C66H125NO5/c1-3-5-7-9-11-13-15-17-19-21-23-24-26-30-34-38-42-46-50-54-58-64(69)63(62-68)67-65(70)59-55-51-47-43-39-35-31-27-25-29-33-37-41-45-49-53-57-61-72-66(71)60-56-52-48-44-40-36-32-28-22-20-18-16-14-12-10-8-6-4-2/h14,16,20,22,25,29,63-64,68-69H,3-13,15,17-19,21,23-24,26-28,30-62H2,1-2H3,(H,67,70)/b16-14-,22-20-,29-25-. The summed E-state index contributed by atoms with van der Waals surface area (Å²) < 4.78 is 5.48. The average molecular weight is 1010 g/mol. The Balaban J connectivity index is 3.45. The van der Waals surface area contributed by atoms with Gasteiger partial charge in [-0.05, 0) is 83.5 Å². The van der Waals surface area contributed by atoms with Crippen molar-refractivity contribution in [2.45, 2.75) is 360 Å². The number of hydrogen-bond acceptors (Lipinski definition) is 5. The molecule has 0 heterocycles. The highest BCUT2D eigenvalue weighted by molar-refractivity contribution is 5.76. The zero-order valence-corrected chi connectivity index (χ0v) is 48.4. The summed E-state index contributed by atoms with van der Waals surface area (Å²) in [4.78, 5) is 24.6. The molecule has 0 aromatic heterocycles. The highest BCUT2D eigenvalue weighted by atomic mass is 16.5. The normalized spacial score (nSPS) is 12.8. The Morgan fingerprint density at radius 1 is 0.389 bits per heavy atom. The third-order valence-electron chi connectivity index (χ3n) is 14.9. The Kier molecular flexibility index (Phi) is 60.0. The van der Waals surface area contributed by atoms with Gasteiger partial charge >= 0.3 is 5.97 Å². The van der Waals surface area contributed by atoms with Gasteiger partial charge in [-0.2, -0.15) is 0 Å². The second-order valence-corrected chi connectivity index (χ2v) is 22.1. The topological polar surface area (TPSA) is 95.9 Å². The van der Waals surface area contributed by atoms with Gasteiger partial charge in [-0.25, -0.2) is 0 Å². The van der Waals surface area contributed by atoms with Crippen molar-refractivity contribution in [3.8, 4) is 0 Å². The summed E-state index contributed by atoms with van der Waals surface area (Å²) in [5.41, 5.74) is 0. The number of aliphatic hydroxyl groups is 2. The lowest BCUT2D eigenvalue weighted by Crippen LogP contribution is -2.45. The molecule has 0 aromatic carbocycles. The van der Waals surface area contributed by atoms with Crippen LogP contribution in [0.3, 0.4) is 0 Å². The van der Waals surface area contributed by atoms with Gasteiger partial charge in [0.2, 0.25) is 5.91 Å². The van der Waals surface area contributed by atoms with Gasteiger partial charge < -0.3 is 20.3 Å². The number of ether oxygens (including phenoxy) is 1. The zero-order chi connectivity index (χ0) is 52.2. The van der Waals surface area contributed by atoms with Gasteiger partial charge in [0.1, 0.15) is 0 Å². The first-order valence-electron chi connectivity index (χ1n) is 32.2. The highest BCUT2D eigenvalue weighted by Crippen LogP contribution is 2.18. The lowest BCUT2D eigenvalue weighted by atomic mass is 10.0. The third kappa shape index (κ3) is 57.4. The quantitative estimate of drug-likeness (QED) is 0.0320. The molecular formula is C66H125NO5. The molecule has 2 atom stereocenters. The SMILES string of the molecule is CCCCCC/C=C\C/C=C\CCCCCCCCCC(=O)OCCCCCCCC/C=C\CCCCCCCCCC(=O)NC(CO)C(O)CCCCCCCCCCCCCCCCCCCCCC. The van der Waals surface area contributed by atoms with Crippen LogP contribution < -0.4 is 5.32 Å². The summed E-state index contributed by atoms with van der Waals surface area (Å²) in [6, 6.07) is -0.552. The Morgan fingerprint density at radius 3 is 1.08 bits per heavy atom. The lowest BCUT2D eigenvalue weighted by molar-refractivity contribution is -0.143. The minimum absolute atomic E-state index is 0.00860. The van der Waals surface area contributed by atoms with E-state index in [-0.39, 0.29) is 18.5 Å². The first kappa shape index (κ1) is 70.1. The molecule has 3 N–H and O–H groups in total. The van der Waals surface area contributed by atoms with Crippen molar-refractivity contribution in [3.05, 3.63) is 36.5 Å². The molecule has 0 spiro atoms. The predicted molar refractivity (Wildman–Crippen MR) is 315 cm³/mol. The molecule has 424 valence electrons. The maximum atomic E-state index is 12.5. The lowest BCUT2D eigenvalue weighted by Gasteiger charge is -2.22. The molecule has 0 fully saturated rings. The van der Waals surface area contributed by atoms with Crippen molar-refractivity contribution in [1.82, 2.24) is 5.32 Å². The van der Waals surface area contributed by atoms with Crippen molar-refractivity contribution in [1.29, 1.82) is 0 Å². The number of allylic oxidation sites excluding steroid dienone is 6. The molecule has 6 nitrogen and oxygen atoms in total. The summed E-state index contributed by atoms with van der Waals surface area (Å²) in [5, 5.41) is 23.4. The van der Waals surface area contributed by atoms with E-state index in [1.165, 1.54) is 250 Å². The van der Waals surface area contributed by atoms with E-state index >= 15 is 0 Å². The van der Waals surface area contributed by atoms with Crippen LogP contribution in [0.2, 0.25) is 0 Å². The van der Waals surface area contributed by atoms with Crippen molar-refractivity contribution in [2.24, 2.45) is 0 Å². The predicted octanol–water partition coefficient (Wildman–Crippen LogP) is 20.4. The number of carbonyl (C=O) groups is 2. The molecule has 0 aliphatic heterocycles. The van der Waals surface area contributed by atoms with Gasteiger partial charge in [0.25, 0.3) is 0 Å². The van der Waals surface area contributed by atoms with Crippen LogP contribution in [0.25, 0.3) is 0 Å². The van der Waals surface area contributed by atoms with Crippen LogP contribution in [0.5, 0.6) is 0 Å². The van der Waals surface area contributed by atoms with E-state index in [2.05, 4.69) is 55.6 Å². The Bertz CT molecular complexity index is 1170. The first-order valence-corrected chi connectivity index (χ1v) is 32.2. The molecule has 0 saturated carbocycles. The Morgan fingerprint density at radius 2 is 0.694 bits per heavy atom. The van der Waals surface area contributed by atoms with Crippen LogP contribution in [-0.2, 0) is 14.3 Å². The van der Waals surface area contributed by atoms with Crippen molar-refractivity contribution in [2.75, 3.05) is 13.2 Å². The van der Waals surface area contributed by atoms with Crippen LogP contribution in [0.15, 0.2) is 36.5 Å². The second kappa shape index (κ2) is 61.6. The van der Waals surface area contributed by atoms with Gasteiger partial charge in [0.15, 0.2) is 0 Å². The largest absolute Gasteiger partial charge is 0.466 e. The zero-order valence-electron chi connectivity index (χ0n) is 48.4. The van der Waals surface area contributed by atoms with Crippen LogP contribution in [0, 0.1) is 0 Å². The fraction of sp³-hybridized carbons (Fsp3) is 0.879. The summed E-state index contributed by atoms with van der Waals surface area (Å²) in [7, 11) is 0. The summed E-state index contributed by atoms with van der Waals surface area (Å²) in [6.07, 6.45) is 77.2. The fourth-order valence-corrected chi connectivity index (χ4v) is 9.96. The number of nitrogens with one attached hydrogen (secondary N) is 1. The summed E-state index contributed by atoms with van der Waals surface area (Å²) >= 11 is 0. The fourth-order valence-electron chi connectivity index (χ4n) is 9.96. The average Bonchev–Trinajstić information content (AvgIpc) is 3.38. The van der Waals surface area contributed by atoms with E-state index < -0.39 is 12.1 Å². The van der Waals surface area contributed by atoms with E-state index in [0.717, 1.165) is 64.2 Å². The van der Waals surface area contributed by atoms with Crippen molar-refractivity contribution >= 4 is 11.9 Å². The molecule has 0 rings (SSSR count). The maximum absolute atomic E-state index is 12.5. The molecule has 1 amide bonds. The van der Waals surface area contributed by atoms with Gasteiger partial charge in [0.05, 0.1) is 25.4 Å². The van der Waals surface area contributed by atoms with Gasteiger partial charge in [-0.3, -0.25) is 9.59 Å². The molecule has 0 aliphatic rings. The van der Waals surface area contributed by atoms with Gasteiger partial charge in [-0.15, -0.1) is 0 Å². The molecule has 72 heavy (non-hydrogen) atoms. The highest BCUT2D eigenvalue weighted by Gasteiger charge is 2.20.